The number of nitrogens with zero attached hydrogens (tertiary/aromatic N) is 4. The normalized spacial score (nSPS) is 19.6. The molecule has 2 aromatic heterocycles. The van der Waals surface area contributed by atoms with Crippen LogP contribution in [0.2, 0.25) is 0 Å². The predicted molar refractivity (Wildman–Crippen MR) is 99.9 cm³/mol. The van der Waals surface area contributed by atoms with Gasteiger partial charge in [-0.15, -0.1) is 0 Å². The van der Waals surface area contributed by atoms with Crippen LogP contribution in [0.1, 0.15) is 16.8 Å². The first-order chi connectivity index (χ1) is 13.2. The van der Waals surface area contributed by atoms with E-state index >= 15 is 0 Å². The van der Waals surface area contributed by atoms with Crippen LogP contribution in [0.15, 0.2) is 53.9 Å². The summed E-state index contributed by atoms with van der Waals surface area (Å²) >= 11 is 0. The van der Waals surface area contributed by atoms with Crippen LogP contribution in [0, 0.1) is 0 Å². The summed E-state index contributed by atoms with van der Waals surface area (Å²) in [6, 6.07) is 11.1. The topological polar surface area (TPSA) is 81.7 Å². The maximum Gasteiger partial charge on any atom is 0.266 e. The average molecular weight is 359 g/mol. The lowest BCUT2D eigenvalue weighted by molar-refractivity contribution is -0.157. The number of hydrogen-bond acceptors (Lipinski definition) is 4. The number of carbonyl (C=O) groups is 2. The Bertz CT molecular complexity index is 1070. The molecule has 1 atom stereocenters. The zero-order chi connectivity index (χ0) is 18.4. The van der Waals surface area contributed by atoms with Gasteiger partial charge in [0.1, 0.15) is 12.6 Å². The van der Waals surface area contributed by atoms with Gasteiger partial charge in [-0.3, -0.25) is 14.6 Å². The number of fused-ring (bicyclic) bond motifs is 4. The lowest BCUT2D eigenvalue weighted by atomic mass is 9.94. The molecule has 4 heterocycles. The van der Waals surface area contributed by atoms with Crippen LogP contribution in [-0.2, 0) is 22.6 Å². The third-order valence-electron chi connectivity index (χ3n) is 5.20. The summed E-state index contributed by atoms with van der Waals surface area (Å²) < 4.78 is 0. The van der Waals surface area contributed by atoms with Crippen molar-refractivity contribution in [2.45, 2.75) is 19.0 Å². The van der Waals surface area contributed by atoms with E-state index in [2.05, 4.69) is 21.1 Å². The SMILES string of the molecule is O=C1[C@H]2Cc3c([nH]c4ccccc34)CN2C(=O)CN1/N=C\c1ccncc1. The molecule has 0 unspecified atom stereocenters. The molecule has 1 fully saturated rings. The van der Waals surface area contributed by atoms with Gasteiger partial charge < -0.3 is 9.88 Å². The minimum Gasteiger partial charge on any atom is -0.357 e. The van der Waals surface area contributed by atoms with Gasteiger partial charge in [-0.1, -0.05) is 18.2 Å². The second kappa shape index (κ2) is 6.05. The Labute approximate surface area is 155 Å². The first-order valence-electron chi connectivity index (χ1n) is 8.84. The van der Waals surface area contributed by atoms with Gasteiger partial charge >= 0.3 is 0 Å². The lowest BCUT2D eigenvalue weighted by Gasteiger charge is -2.40. The summed E-state index contributed by atoms with van der Waals surface area (Å²) in [5, 5.41) is 6.65. The van der Waals surface area contributed by atoms with Crippen LogP contribution in [0.3, 0.4) is 0 Å². The lowest BCUT2D eigenvalue weighted by Crippen LogP contribution is -2.60. The summed E-state index contributed by atoms with van der Waals surface area (Å²) in [4.78, 5) is 34.7. The zero-order valence-electron chi connectivity index (χ0n) is 14.5. The number of hydrogen-bond donors (Lipinski definition) is 1. The van der Waals surface area contributed by atoms with Crippen molar-refractivity contribution in [2.24, 2.45) is 5.10 Å². The highest BCUT2D eigenvalue weighted by atomic mass is 16.2. The van der Waals surface area contributed by atoms with Crippen molar-refractivity contribution in [3.05, 3.63) is 65.6 Å². The molecule has 134 valence electrons. The Morgan fingerprint density at radius 3 is 2.78 bits per heavy atom. The predicted octanol–water partition coefficient (Wildman–Crippen LogP) is 1.69. The van der Waals surface area contributed by atoms with Crippen molar-refractivity contribution >= 4 is 28.9 Å². The molecule has 2 amide bonds. The molecule has 27 heavy (non-hydrogen) atoms. The molecule has 1 saturated heterocycles. The molecular formula is C20H17N5O2. The fourth-order valence-electron chi connectivity index (χ4n) is 3.84. The van der Waals surface area contributed by atoms with Crippen LogP contribution in [0.4, 0.5) is 0 Å². The Balaban J connectivity index is 1.46. The molecule has 7 heteroatoms. The molecule has 0 radical (unpaired) electrons. The number of aromatic amines is 1. The average Bonchev–Trinajstić information content (AvgIpc) is 3.07. The highest BCUT2D eigenvalue weighted by Gasteiger charge is 2.43. The molecule has 1 aromatic carbocycles. The number of carbonyl (C=O) groups excluding carboxylic acids is 2. The van der Waals surface area contributed by atoms with E-state index in [0.29, 0.717) is 13.0 Å². The number of amides is 2. The van der Waals surface area contributed by atoms with Crippen molar-refractivity contribution in [1.29, 1.82) is 0 Å². The minimum absolute atomic E-state index is 0.0352. The largest absolute Gasteiger partial charge is 0.357 e. The van der Waals surface area contributed by atoms with Gasteiger partial charge in [0, 0.05) is 35.4 Å². The third-order valence-corrected chi connectivity index (χ3v) is 5.20. The molecule has 2 aliphatic rings. The second-order valence-corrected chi connectivity index (χ2v) is 6.79. The Hall–Kier alpha value is -3.48. The summed E-state index contributed by atoms with van der Waals surface area (Å²) in [6.07, 6.45) is 5.41. The monoisotopic (exact) mass is 359 g/mol. The zero-order valence-corrected chi connectivity index (χ0v) is 14.5. The van der Waals surface area contributed by atoms with Crippen LogP contribution < -0.4 is 0 Å². The number of aromatic nitrogens is 2. The molecule has 0 bridgehead atoms. The van der Waals surface area contributed by atoms with E-state index in [-0.39, 0.29) is 18.4 Å². The molecule has 0 saturated carbocycles. The van der Waals surface area contributed by atoms with Crippen molar-refractivity contribution in [3.8, 4) is 0 Å². The van der Waals surface area contributed by atoms with E-state index in [1.807, 2.05) is 18.2 Å². The van der Waals surface area contributed by atoms with Crippen LogP contribution in [0.25, 0.3) is 10.9 Å². The fraction of sp³-hybridized carbons (Fsp3) is 0.200. The molecule has 0 spiro atoms. The maximum absolute atomic E-state index is 13.0. The minimum atomic E-state index is -0.507. The summed E-state index contributed by atoms with van der Waals surface area (Å²) in [5.41, 5.74) is 4.00. The van der Waals surface area contributed by atoms with E-state index in [9.17, 15) is 9.59 Å². The quantitative estimate of drug-likeness (QED) is 0.707. The van der Waals surface area contributed by atoms with Gasteiger partial charge in [0.2, 0.25) is 5.91 Å². The van der Waals surface area contributed by atoms with Crippen molar-refractivity contribution in [2.75, 3.05) is 6.54 Å². The fourth-order valence-corrected chi connectivity index (χ4v) is 3.84. The molecular weight excluding hydrogens is 342 g/mol. The number of pyridine rings is 1. The number of rotatable bonds is 2. The number of hydrazone groups is 1. The van der Waals surface area contributed by atoms with Crippen molar-refractivity contribution < 1.29 is 9.59 Å². The molecule has 3 aromatic rings. The first kappa shape index (κ1) is 15.7. The second-order valence-electron chi connectivity index (χ2n) is 6.79. The summed E-state index contributed by atoms with van der Waals surface area (Å²) in [6.45, 7) is 0.396. The van der Waals surface area contributed by atoms with Gasteiger partial charge in [0.25, 0.3) is 5.91 Å². The molecule has 7 nitrogen and oxygen atoms in total. The highest BCUT2D eigenvalue weighted by molar-refractivity contribution is 5.97. The smallest absolute Gasteiger partial charge is 0.266 e. The van der Waals surface area contributed by atoms with Crippen LogP contribution in [-0.4, -0.2) is 50.5 Å². The van der Waals surface area contributed by atoms with Gasteiger partial charge in [-0.25, -0.2) is 5.01 Å². The van der Waals surface area contributed by atoms with Gasteiger partial charge in [0.15, 0.2) is 0 Å². The number of piperazine rings is 1. The van der Waals surface area contributed by atoms with Crippen LogP contribution >= 0.6 is 0 Å². The van der Waals surface area contributed by atoms with E-state index in [0.717, 1.165) is 27.7 Å². The maximum atomic E-state index is 13.0. The number of benzene rings is 1. The van der Waals surface area contributed by atoms with Gasteiger partial charge in [0.05, 0.1) is 12.8 Å². The Morgan fingerprint density at radius 1 is 1.11 bits per heavy atom. The first-order valence-corrected chi connectivity index (χ1v) is 8.84. The van der Waals surface area contributed by atoms with Gasteiger partial charge in [-0.2, -0.15) is 5.10 Å². The number of para-hydroxylation sites is 1. The molecule has 2 aliphatic heterocycles. The van der Waals surface area contributed by atoms with E-state index in [1.165, 1.54) is 5.01 Å². The van der Waals surface area contributed by atoms with Crippen molar-refractivity contribution in [1.82, 2.24) is 19.9 Å². The molecule has 5 rings (SSSR count). The van der Waals surface area contributed by atoms with E-state index in [1.54, 1.807) is 35.6 Å². The Kier molecular flexibility index (Phi) is 3.53. The number of nitrogens with one attached hydrogen (secondary N) is 1. The number of H-pyrrole nitrogens is 1. The molecule has 0 aliphatic carbocycles. The van der Waals surface area contributed by atoms with Crippen LogP contribution in [0.5, 0.6) is 0 Å². The summed E-state index contributed by atoms with van der Waals surface area (Å²) in [7, 11) is 0. The highest BCUT2D eigenvalue weighted by Crippen LogP contribution is 2.32. The molecule has 1 N–H and O–H groups in total. The third kappa shape index (κ3) is 2.59. The van der Waals surface area contributed by atoms with E-state index < -0.39 is 6.04 Å². The standard InChI is InChI=1S/C20H17N5O2/c26-19-12-25(22-10-13-5-7-21-8-6-13)20(27)18-9-15-14-3-1-2-4-16(14)23-17(15)11-24(18)19/h1-8,10,18,23H,9,11-12H2/b22-10-/t18-/m1/s1. The van der Waals surface area contributed by atoms with Crippen molar-refractivity contribution in [3.63, 3.8) is 0 Å². The van der Waals surface area contributed by atoms with E-state index in [4.69, 9.17) is 0 Å². The van der Waals surface area contributed by atoms with Gasteiger partial charge in [-0.05, 0) is 29.3 Å². The summed E-state index contributed by atoms with van der Waals surface area (Å²) in [5.74, 6) is -0.230. The Morgan fingerprint density at radius 2 is 1.93 bits per heavy atom.